The van der Waals surface area contributed by atoms with E-state index in [-0.39, 0.29) is 0 Å². The van der Waals surface area contributed by atoms with Crippen molar-refractivity contribution in [2.24, 2.45) is 0 Å². The van der Waals surface area contributed by atoms with Crippen LogP contribution in [0.5, 0.6) is 0 Å². The molecule has 3 aromatic heterocycles. The molecule has 1 atom stereocenters. The molecule has 2 aliphatic heterocycles. The fourth-order valence-electron chi connectivity index (χ4n) is 5.71. The van der Waals surface area contributed by atoms with E-state index in [4.69, 9.17) is 14.7 Å². The molecule has 3 aliphatic rings. The summed E-state index contributed by atoms with van der Waals surface area (Å²) in [6.07, 6.45) is 13.7. The number of ether oxygens (including phenoxy) is 1. The molecule has 174 valence electrons. The maximum absolute atomic E-state index is 5.65. The minimum Gasteiger partial charge on any atom is -0.380 e. The molecule has 0 spiro atoms. The maximum Gasteiger partial charge on any atom is 0.137 e. The van der Waals surface area contributed by atoms with Gasteiger partial charge in [-0.1, -0.05) is 6.08 Å². The second-order valence-electron chi connectivity index (χ2n) is 9.69. The van der Waals surface area contributed by atoms with Crippen molar-refractivity contribution >= 4 is 27.9 Å². The summed E-state index contributed by atoms with van der Waals surface area (Å²) in [7, 11) is 0. The molecule has 3 N–H and O–H groups in total. The van der Waals surface area contributed by atoms with Crippen molar-refractivity contribution in [1.82, 2.24) is 19.9 Å². The molecule has 0 amide bonds. The summed E-state index contributed by atoms with van der Waals surface area (Å²) in [5.41, 5.74) is 5.93. The third kappa shape index (κ3) is 4.52. The lowest BCUT2D eigenvalue weighted by atomic mass is 9.90. The molecule has 0 radical (unpaired) electrons. The zero-order valence-corrected chi connectivity index (χ0v) is 20.1. The molecule has 3 aromatic rings. The van der Waals surface area contributed by atoms with Crippen molar-refractivity contribution in [2.45, 2.75) is 50.5 Å². The number of H-pyrrole nitrogens is 1. The number of hydrogen-bond acceptors (Lipinski definition) is 5. The van der Waals surface area contributed by atoms with Gasteiger partial charge >= 0.3 is 0 Å². The van der Waals surface area contributed by atoms with Crippen LogP contribution in [0.1, 0.15) is 55.0 Å². The van der Waals surface area contributed by atoms with E-state index in [1.807, 2.05) is 17.5 Å². The summed E-state index contributed by atoms with van der Waals surface area (Å²) in [5, 5.41) is 7.14. The highest BCUT2D eigenvalue weighted by Crippen LogP contribution is 2.36. The molecule has 1 unspecified atom stereocenters. The lowest BCUT2D eigenvalue weighted by Gasteiger charge is -2.32. The number of quaternary nitrogens is 1. The average molecular weight is 465 g/mol. The van der Waals surface area contributed by atoms with Crippen molar-refractivity contribution in [3.63, 3.8) is 0 Å². The molecule has 6 nitrogen and oxygen atoms in total. The summed E-state index contributed by atoms with van der Waals surface area (Å²) >= 11 is 1.83. The summed E-state index contributed by atoms with van der Waals surface area (Å²) in [6.45, 7) is 6.48. The number of thiazole rings is 1. The van der Waals surface area contributed by atoms with E-state index >= 15 is 0 Å². The second kappa shape index (κ2) is 9.66. The number of hydrogen-bond donors (Lipinski definition) is 2. The molecule has 6 rings (SSSR count). The fourth-order valence-corrected chi connectivity index (χ4v) is 6.70. The quantitative estimate of drug-likeness (QED) is 0.616. The van der Waals surface area contributed by atoms with Crippen molar-refractivity contribution in [3.8, 4) is 11.3 Å². The Kier molecular flexibility index (Phi) is 6.29. The number of nitrogens with one attached hydrogen (secondary N) is 1. The Morgan fingerprint density at radius 2 is 2.09 bits per heavy atom. The van der Waals surface area contributed by atoms with Crippen LogP contribution in [0.3, 0.4) is 0 Å². The molecule has 2 saturated heterocycles. The fraction of sp³-hybridized carbons (Fsp3) is 0.538. The Hall–Kier alpha value is -2.06. The first kappa shape index (κ1) is 21.5. The van der Waals surface area contributed by atoms with Crippen LogP contribution in [0.25, 0.3) is 27.9 Å². The number of piperidine rings is 1. The van der Waals surface area contributed by atoms with Crippen molar-refractivity contribution in [2.75, 3.05) is 39.4 Å². The zero-order valence-electron chi connectivity index (χ0n) is 19.3. The van der Waals surface area contributed by atoms with Gasteiger partial charge in [-0.15, -0.1) is 11.3 Å². The van der Waals surface area contributed by atoms with E-state index in [2.05, 4.69) is 38.9 Å². The number of allylic oxidation sites excluding steroid dienone is 1. The van der Waals surface area contributed by atoms with Gasteiger partial charge in [0.2, 0.25) is 0 Å². The van der Waals surface area contributed by atoms with Crippen LogP contribution < -0.4 is 5.32 Å². The van der Waals surface area contributed by atoms with Gasteiger partial charge < -0.3 is 15.0 Å². The average Bonchev–Trinajstić information content (AvgIpc) is 3.43. The predicted octanol–water partition coefficient (Wildman–Crippen LogP) is 3.79. The number of fused-ring (bicyclic) bond motifs is 1. The van der Waals surface area contributed by atoms with Crippen LogP contribution in [0, 0.1) is 0 Å². The number of aromatic amines is 1. The van der Waals surface area contributed by atoms with Crippen LogP contribution >= 0.6 is 11.3 Å². The van der Waals surface area contributed by atoms with Gasteiger partial charge in [-0.3, -0.25) is 4.90 Å². The van der Waals surface area contributed by atoms with Crippen LogP contribution in [0.15, 0.2) is 29.9 Å². The zero-order chi connectivity index (χ0) is 22.0. The summed E-state index contributed by atoms with van der Waals surface area (Å²) in [5.74, 6) is 0.628. The van der Waals surface area contributed by atoms with Crippen molar-refractivity contribution in [1.29, 1.82) is 0 Å². The first-order valence-corrected chi connectivity index (χ1v) is 13.5. The van der Waals surface area contributed by atoms with Crippen LogP contribution in [-0.2, 0) is 4.74 Å². The second-order valence-corrected chi connectivity index (χ2v) is 10.6. The Morgan fingerprint density at radius 3 is 2.97 bits per heavy atom. The predicted molar refractivity (Wildman–Crippen MR) is 133 cm³/mol. The van der Waals surface area contributed by atoms with Crippen LogP contribution in [-0.4, -0.2) is 65.3 Å². The molecule has 5 heterocycles. The Bertz CT molecular complexity index is 1120. The lowest BCUT2D eigenvalue weighted by molar-refractivity contribution is -0.663. The van der Waals surface area contributed by atoms with E-state index in [0.29, 0.717) is 12.0 Å². The molecule has 7 heteroatoms. The highest BCUT2D eigenvalue weighted by atomic mass is 32.1. The molecule has 2 fully saturated rings. The van der Waals surface area contributed by atoms with Crippen LogP contribution in [0.2, 0.25) is 0 Å². The van der Waals surface area contributed by atoms with Crippen LogP contribution in [0.4, 0.5) is 0 Å². The first-order chi connectivity index (χ1) is 16.3. The monoisotopic (exact) mass is 464 g/mol. The van der Waals surface area contributed by atoms with Gasteiger partial charge in [0.05, 0.1) is 30.4 Å². The first-order valence-electron chi connectivity index (χ1n) is 12.6. The number of pyridine rings is 1. The van der Waals surface area contributed by atoms with Gasteiger partial charge in [0.1, 0.15) is 5.65 Å². The van der Waals surface area contributed by atoms with E-state index < -0.39 is 0 Å². The van der Waals surface area contributed by atoms with Gasteiger partial charge in [0.25, 0.3) is 0 Å². The third-order valence-corrected chi connectivity index (χ3v) is 8.65. The standard InChI is InChI=1S/C26H33N5OS/c1-10-31(11-13-32-12-1)21-4-2-18(3-5-21)20-14-22-23(16-29-25(22)28-15-20)24-17-33-26(30-24)19-6-8-27-9-7-19/h2,14-17,19,21,27H,1,3-13H2,(H,28,29)/p+1. The lowest BCUT2D eigenvalue weighted by Crippen LogP contribution is -2.86. The Labute approximate surface area is 199 Å². The highest BCUT2D eigenvalue weighted by Gasteiger charge is 2.24. The number of nitrogens with two attached hydrogens (primary N) is 1. The minimum absolute atomic E-state index is 0.628. The van der Waals surface area contributed by atoms with E-state index in [9.17, 15) is 0 Å². The molecular formula is C26H34N5OS+. The minimum atomic E-state index is 0.628. The Balaban J connectivity index is 1.22. The SMILES string of the molecule is C1=C(c2cnc3[nH]cc(-c4csc(C5CC[NH2+]CC5)n4)c3c2)CCC(N2CCCOCC2)C1. The van der Waals surface area contributed by atoms with Crippen molar-refractivity contribution < 1.29 is 10.1 Å². The van der Waals surface area contributed by atoms with Gasteiger partial charge in [-0.2, -0.15) is 0 Å². The number of nitrogens with zero attached hydrogens (tertiary/aromatic N) is 3. The van der Waals surface area contributed by atoms with Gasteiger partial charge in [-0.25, -0.2) is 9.97 Å². The molecular weight excluding hydrogens is 430 g/mol. The summed E-state index contributed by atoms with van der Waals surface area (Å²) in [4.78, 5) is 15.8. The van der Waals surface area contributed by atoms with Gasteiger partial charge in [0.15, 0.2) is 0 Å². The number of rotatable bonds is 4. The van der Waals surface area contributed by atoms with Crippen molar-refractivity contribution in [3.05, 3.63) is 40.5 Å². The largest absolute Gasteiger partial charge is 0.380 e. The molecule has 0 aromatic carbocycles. The molecule has 0 saturated carbocycles. The number of aromatic nitrogens is 3. The smallest absolute Gasteiger partial charge is 0.137 e. The third-order valence-electron chi connectivity index (χ3n) is 7.64. The Morgan fingerprint density at radius 1 is 1.15 bits per heavy atom. The summed E-state index contributed by atoms with van der Waals surface area (Å²) < 4.78 is 5.65. The summed E-state index contributed by atoms with van der Waals surface area (Å²) in [6, 6.07) is 2.98. The highest BCUT2D eigenvalue weighted by molar-refractivity contribution is 7.10. The molecule has 33 heavy (non-hydrogen) atoms. The van der Waals surface area contributed by atoms with Gasteiger partial charge in [-0.05, 0) is 42.9 Å². The molecule has 0 bridgehead atoms. The molecule has 1 aliphatic carbocycles. The topological polar surface area (TPSA) is 70.7 Å². The van der Waals surface area contributed by atoms with E-state index in [1.165, 1.54) is 66.0 Å². The maximum atomic E-state index is 5.65. The van der Waals surface area contributed by atoms with Gasteiger partial charge in [0, 0.05) is 73.2 Å². The van der Waals surface area contributed by atoms with E-state index in [1.54, 1.807) is 0 Å². The normalized spacial score (nSPS) is 23.5. The van der Waals surface area contributed by atoms with E-state index in [0.717, 1.165) is 50.4 Å².